The molecule has 1 aliphatic rings. The molecule has 1 N–H and O–H groups in total. The molecule has 0 atom stereocenters. The van der Waals surface area contributed by atoms with Crippen molar-refractivity contribution in [3.05, 3.63) is 67.8 Å². The van der Waals surface area contributed by atoms with Gasteiger partial charge in [0.1, 0.15) is 5.57 Å². The van der Waals surface area contributed by atoms with Crippen LogP contribution in [0.3, 0.4) is 0 Å². The van der Waals surface area contributed by atoms with E-state index in [9.17, 15) is 14.4 Å². The lowest BCUT2D eigenvalue weighted by Gasteiger charge is -2.26. The third kappa shape index (κ3) is 3.59. The Morgan fingerprint density at radius 2 is 1.76 bits per heavy atom. The van der Waals surface area contributed by atoms with Gasteiger partial charge in [0.15, 0.2) is 0 Å². The summed E-state index contributed by atoms with van der Waals surface area (Å²) in [5, 5.41) is 2.62. The number of carbonyl (C=O) groups excluding carboxylic acids is 3. The van der Waals surface area contributed by atoms with Crippen LogP contribution in [-0.4, -0.2) is 17.8 Å². The molecule has 0 unspecified atom stereocenters. The van der Waals surface area contributed by atoms with Crippen molar-refractivity contribution >= 4 is 63.8 Å². The van der Waals surface area contributed by atoms with Crippen molar-refractivity contribution in [1.82, 2.24) is 5.32 Å². The second-order valence-electron chi connectivity index (χ2n) is 5.44. The van der Waals surface area contributed by atoms with Crippen molar-refractivity contribution in [3.63, 3.8) is 0 Å². The van der Waals surface area contributed by atoms with Gasteiger partial charge in [-0.25, -0.2) is 9.69 Å². The van der Waals surface area contributed by atoms with Crippen LogP contribution in [-0.2, 0) is 9.59 Å². The summed E-state index contributed by atoms with van der Waals surface area (Å²) in [5.41, 5.74) is 1.70. The number of rotatable bonds is 2. The summed E-state index contributed by atoms with van der Waals surface area (Å²) in [6, 6.07) is 11.3. The maximum atomic E-state index is 12.7. The van der Waals surface area contributed by atoms with E-state index in [1.54, 1.807) is 24.3 Å². The summed E-state index contributed by atoms with van der Waals surface area (Å²) < 4.78 is 1.03. The van der Waals surface area contributed by atoms with E-state index < -0.39 is 17.8 Å². The van der Waals surface area contributed by atoms with Crippen LogP contribution < -0.4 is 10.2 Å². The van der Waals surface area contributed by atoms with Gasteiger partial charge in [0, 0.05) is 8.59 Å². The molecule has 0 saturated carbocycles. The molecule has 0 aliphatic carbocycles. The Labute approximate surface area is 162 Å². The number of nitrogens with one attached hydrogen (secondary N) is 1. The first-order chi connectivity index (χ1) is 11.9. The second kappa shape index (κ2) is 6.97. The van der Waals surface area contributed by atoms with Crippen LogP contribution in [0.4, 0.5) is 10.5 Å². The fourth-order valence-electron chi connectivity index (χ4n) is 2.34. The Hall–Kier alpha value is -2.19. The molecule has 0 spiro atoms. The summed E-state index contributed by atoms with van der Waals surface area (Å²) in [6.45, 7) is 1.82. The molecular weight excluding hydrogens is 455 g/mol. The average molecular weight is 467 g/mol. The minimum atomic E-state index is -0.797. The highest BCUT2D eigenvalue weighted by molar-refractivity contribution is 14.1. The number of imide groups is 2. The normalized spacial score (nSPS) is 16.4. The topological polar surface area (TPSA) is 66.5 Å². The van der Waals surface area contributed by atoms with E-state index >= 15 is 0 Å². The van der Waals surface area contributed by atoms with Crippen molar-refractivity contribution in [2.24, 2.45) is 0 Å². The first-order valence-corrected chi connectivity index (χ1v) is 8.75. The van der Waals surface area contributed by atoms with Crippen molar-refractivity contribution in [1.29, 1.82) is 0 Å². The first kappa shape index (κ1) is 17.6. The lowest BCUT2D eigenvalue weighted by molar-refractivity contribution is -0.122. The summed E-state index contributed by atoms with van der Waals surface area (Å²) in [7, 11) is 0. The Bertz CT molecular complexity index is 922. The Morgan fingerprint density at radius 1 is 1.08 bits per heavy atom. The number of hydrogen-bond donors (Lipinski definition) is 1. The Kier molecular flexibility index (Phi) is 4.91. The molecule has 4 amide bonds. The van der Waals surface area contributed by atoms with Gasteiger partial charge in [-0.05, 0) is 71.0 Å². The third-order valence-corrected chi connectivity index (χ3v) is 4.82. The zero-order valence-electron chi connectivity index (χ0n) is 13.0. The SMILES string of the molecule is Cc1ccc(N2C(=O)NC(=O)/C(=C/c3ccc(I)cc3)C2=O)cc1Cl. The predicted molar refractivity (Wildman–Crippen MR) is 104 cm³/mol. The van der Waals surface area contributed by atoms with Gasteiger partial charge in [-0.3, -0.25) is 14.9 Å². The van der Waals surface area contributed by atoms with Gasteiger partial charge < -0.3 is 0 Å². The number of nitrogens with zero attached hydrogens (tertiary/aromatic N) is 1. The monoisotopic (exact) mass is 466 g/mol. The number of amides is 4. The highest BCUT2D eigenvalue weighted by Crippen LogP contribution is 2.26. The molecule has 1 heterocycles. The van der Waals surface area contributed by atoms with Gasteiger partial charge in [0.2, 0.25) is 0 Å². The summed E-state index contributed by atoms with van der Waals surface area (Å²) in [5.74, 6) is -1.41. The molecule has 2 aromatic rings. The van der Waals surface area contributed by atoms with Gasteiger partial charge in [0.05, 0.1) is 5.69 Å². The summed E-state index contributed by atoms with van der Waals surface area (Å²) in [6.07, 6.45) is 1.46. The number of aryl methyl sites for hydroxylation is 1. The lowest BCUT2D eigenvalue weighted by Crippen LogP contribution is -2.54. The van der Waals surface area contributed by atoms with Gasteiger partial charge in [-0.15, -0.1) is 0 Å². The zero-order chi connectivity index (χ0) is 18.1. The van der Waals surface area contributed by atoms with Crippen molar-refractivity contribution in [2.45, 2.75) is 6.92 Å². The van der Waals surface area contributed by atoms with Crippen LogP contribution in [0.25, 0.3) is 6.08 Å². The fraction of sp³-hybridized carbons (Fsp3) is 0.0556. The smallest absolute Gasteiger partial charge is 0.273 e. The summed E-state index contributed by atoms with van der Waals surface area (Å²) in [4.78, 5) is 37.9. The van der Waals surface area contributed by atoms with E-state index in [-0.39, 0.29) is 5.57 Å². The number of urea groups is 1. The van der Waals surface area contributed by atoms with Crippen molar-refractivity contribution < 1.29 is 14.4 Å². The number of halogens is 2. The van der Waals surface area contributed by atoms with Crippen molar-refractivity contribution in [2.75, 3.05) is 4.90 Å². The molecule has 0 aromatic heterocycles. The Balaban J connectivity index is 2.02. The molecule has 3 rings (SSSR count). The Morgan fingerprint density at radius 3 is 2.40 bits per heavy atom. The van der Waals surface area contributed by atoms with E-state index in [0.717, 1.165) is 14.0 Å². The molecule has 7 heteroatoms. The molecule has 126 valence electrons. The highest BCUT2D eigenvalue weighted by atomic mass is 127. The summed E-state index contributed by atoms with van der Waals surface area (Å²) >= 11 is 8.25. The number of barbiturate groups is 1. The van der Waals surface area contributed by atoms with E-state index in [4.69, 9.17) is 11.6 Å². The zero-order valence-corrected chi connectivity index (χ0v) is 16.0. The molecule has 1 saturated heterocycles. The van der Waals surface area contributed by atoms with Crippen LogP contribution >= 0.6 is 34.2 Å². The standard InChI is InChI=1S/C18H12ClIN2O3/c1-10-2-7-13(9-15(10)19)22-17(24)14(16(23)21-18(22)25)8-11-3-5-12(20)6-4-11/h2-9H,1H3,(H,21,23,25)/b14-8-. The first-order valence-electron chi connectivity index (χ1n) is 7.30. The fourth-order valence-corrected chi connectivity index (χ4v) is 2.87. The minimum absolute atomic E-state index is 0.113. The van der Waals surface area contributed by atoms with E-state index in [1.807, 2.05) is 19.1 Å². The van der Waals surface area contributed by atoms with Gasteiger partial charge >= 0.3 is 6.03 Å². The van der Waals surface area contributed by atoms with E-state index in [1.165, 1.54) is 12.1 Å². The number of carbonyl (C=O) groups is 3. The highest BCUT2D eigenvalue weighted by Gasteiger charge is 2.36. The molecule has 5 nitrogen and oxygen atoms in total. The number of anilines is 1. The van der Waals surface area contributed by atoms with Crippen LogP contribution in [0, 0.1) is 10.5 Å². The van der Waals surface area contributed by atoms with Crippen LogP contribution in [0.15, 0.2) is 48.0 Å². The maximum absolute atomic E-state index is 12.7. The molecule has 0 radical (unpaired) electrons. The number of benzene rings is 2. The lowest BCUT2D eigenvalue weighted by atomic mass is 10.1. The van der Waals surface area contributed by atoms with Gasteiger partial charge in [0.25, 0.3) is 11.8 Å². The second-order valence-corrected chi connectivity index (χ2v) is 7.10. The largest absolute Gasteiger partial charge is 0.335 e. The molecule has 1 fully saturated rings. The molecule has 2 aromatic carbocycles. The molecular formula is C18H12ClIN2O3. The van der Waals surface area contributed by atoms with Gasteiger partial charge in [-0.1, -0.05) is 29.8 Å². The molecule has 1 aliphatic heterocycles. The minimum Gasteiger partial charge on any atom is -0.273 e. The average Bonchev–Trinajstić information content (AvgIpc) is 2.56. The van der Waals surface area contributed by atoms with E-state index in [0.29, 0.717) is 16.3 Å². The molecule has 25 heavy (non-hydrogen) atoms. The van der Waals surface area contributed by atoms with Gasteiger partial charge in [-0.2, -0.15) is 0 Å². The van der Waals surface area contributed by atoms with Crippen LogP contribution in [0.5, 0.6) is 0 Å². The van der Waals surface area contributed by atoms with Crippen LogP contribution in [0.2, 0.25) is 5.02 Å². The molecule has 0 bridgehead atoms. The predicted octanol–water partition coefficient (Wildman–Crippen LogP) is 3.92. The van der Waals surface area contributed by atoms with E-state index in [2.05, 4.69) is 27.9 Å². The quantitative estimate of drug-likeness (QED) is 0.414. The third-order valence-electron chi connectivity index (χ3n) is 3.70. The maximum Gasteiger partial charge on any atom is 0.335 e. The van der Waals surface area contributed by atoms with Crippen LogP contribution in [0.1, 0.15) is 11.1 Å². The number of hydrogen-bond acceptors (Lipinski definition) is 3. The van der Waals surface area contributed by atoms with Crippen molar-refractivity contribution in [3.8, 4) is 0 Å².